The average Bonchev–Trinajstić information content (AvgIpc) is 2.55. The second kappa shape index (κ2) is 8.67. The number of carbonyl (C=O) groups excluding carboxylic acids is 2. The normalized spacial score (nSPS) is 10.1. The topological polar surface area (TPSA) is 70.2 Å². The summed E-state index contributed by atoms with van der Waals surface area (Å²) in [4.78, 5) is 23.3. The molecule has 0 radical (unpaired) electrons. The van der Waals surface area contributed by atoms with Crippen LogP contribution in [0.1, 0.15) is 16.7 Å². The highest BCUT2D eigenvalue weighted by molar-refractivity contribution is 5.82. The van der Waals surface area contributed by atoms with Gasteiger partial charge < -0.3 is 5.32 Å². The average molecular weight is 329 g/mol. The van der Waals surface area contributed by atoms with E-state index < -0.39 is 6.03 Å². The first-order valence-electron chi connectivity index (χ1n) is 7.65. The van der Waals surface area contributed by atoms with Crippen LogP contribution >= 0.6 is 0 Å². The van der Waals surface area contributed by atoms with Crippen LogP contribution in [0.25, 0.3) is 0 Å². The minimum atomic E-state index is -0.477. The standard InChI is InChI=1S/C18H20FN3O2/c1-13-3-2-4-14(11-13)9-10-20-18(24)22-21-17(23)12-15-5-7-16(19)8-6-15/h2-8,11H,9-10,12H2,1H3,(H,21,23)(H2,20,22,24). The molecular formula is C18H20FN3O2. The van der Waals surface area contributed by atoms with Crippen molar-refractivity contribution in [2.75, 3.05) is 6.54 Å². The molecule has 0 aliphatic rings. The molecule has 5 nitrogen and oxygen atoms in total. The zero-order valence-electron chi connectivity index (χ0n) is 13.4. The first-order chi connectivity index (χ1) is 11.5. The third-order valence-corrected chi connectivity index (χ3v) is 3.38. The smallest absolute Gasteiger partial charge is 0.333 e. The largest absolute Gasteiger partial charge is 0.336 e. The van der Waals surface area contributed by atoms with Gasteiger partial charge in [0.1, 0.15) is 5.82 Å². The lowest BCUT2D eigenvalue weighted by Crippen LogP contribution is -2.47. The van der Waals surface area contributed by atoms with Gasteiger partial charge in [0.15, 0.2) is 0 Å². The Balaban J connectivity index is 1.65. The van der Waals surface area contributed by atoms with Gasteiger partial charge in [-0.25, -0.2) is 14.6 Å². The van der Waals surface area contributed by atoms with Gasteiger partial charge in [-0.2, -0.15) is 0 Å². The van der Waals surface area contributed by atoms with Crippen molar-refractivity contribution in [2.45, 2.75) is 19.8 Å². The summed E-state index contributed by atoms with van der Waals surface area (Å²) in [5.74, 6) is -0.735. The highest BCUT2D eigenvalue weighted by Gasteiger charge is 2.05. The third-order valence-electron chi connectivity index (χ3n) is 3.38. The highest BCUT2D eigenvalue weighted by Crippen LogP contribution is 2.04. The molecular weight excluding hydrogens is 309 g/mol. The molecule has 0 unspecified atom stereocenters. The molecule has 126 valence electrons. The van der Waals surface area contributed by atoms with Crippen molar-refractivity contribution in [1.29, 1.82) is 0 Å². The number of rotatable bonds is 5. The van der Waals surface area contributed by atoms with Crippen molar-refractivity contribution in [1.82, 2.24) is 16.2 Å². The lowest BCUT2D eigenvalue weighted by molar-refractivity contribution is -0.121. The van der Waals surface area contributed by atoms with Gasteiger partial charge in [-0.05, 0) is 36.6 Å². The van der Waals surface area contributed by atoms with E-state index in [1.165, 1.54) is 29.8 Å². The molecule has 3 amide bonds. The van der Waals surface area contributed by atoms with Gasteiger partial charge in [-0.15, -0.1) is 0 Å². The molecule has 0 atom stereocenters. The lowest BCUT2D eigenvalue weighted by Gasteiger charge is -2.09. The van der Waals surface area contributed by atoms with Crippen molar-refractivity contribution >= 4 is 11.9 Å². The molecule has 2 aromatic rings. The van der Waals surface area contributed by atoms with Gasteiger partial charge in [0, 0.05) is 6.54 Å². The number of carbonyl (C=O) groups is 2. The maximum absolute atomic E-state index is 12.8. The fourth-order valence-electron chi connectivity index (χ4n) is 2.19. The number of benzene rings is 2. The Bertz CT molecular complexity index is 702. The molecule has 3 N–H and O–H groups in total. The molecule has 6 heteroatoms. The van der Waals surface area contributed by atoms with E-state index in [0.717, 1.165) is 5.56 Å². The number of urea groups is 1. The highest BCUT2D eigenvalue weighted by atomic mass is 19.1. The van der Waals surface area contributed by atoms with E-state index in [1.807, 2.05) is 25.1 Å². The molecule has 0 heterocycles. The molecule has 0 fully saturated rings. The minimum Gasteiger partial charge on any atom is -0.336 e. The maximum atomic E-state index is 12.8. The summed E-state index contributed by atoms with van der Waals surface area (Å²) in [5.41, 5.74) is 7.57. The van der Waals surface area contributed by atoms with Crippen LogP contribution in [0, 0.1) is 12.7 Å². The number of halogens is 1. The summed E-state index contributed by atoms with van der Waals surface area (Å²) >= 11 is 0. The molecule has 0 saturated heterocycles. The first-order valence-corrected chi connectivity index (χ1v) is 7.65. The molecule has 0 aliphatic carbocycles. The van der Waals surface area contributed by atoms with E-state index in [9.17, 15) is 14.0 Å². The van der Waals surface area contributed by atoms with Crippen molar-refractivity contribution in [3.63, 3.8) is 0 Å². The lowest BCUT2D eigenvalue weighted by atomic mass is 10.1. The zero-order valence-corrected chi connectivity index (χ0v) is 13.4. The molecule has 0 aliphatic heterocycles. The number of hydrogen-bond acceptors (Lipinski definition) is 2. The molecule has 24 heavy (non-hydrogen) atoms. The predicted molar refractivity (Wildman–Crippen MR) is 89.7 cm³/mol. The summed E-state index contributed by atoms with van der Waals surface area (Å²) in [7, 11) is 0. The van der Waals surface area contributed by atoms with Crippen molar-refractivity contribution in [3.8, 4) is 0 Å². The molecule has 0 bridgehead atoms. The molecule has 2 rings (SSSR count). The Hall–Kier alpha value is -2.89. The van der Waals surface area contributed by atoms with Crippen LogP contribution in [0.5, 0.6) is 0 Å². The Kier molecular flexibility index (Phi) is 6.31. The van der Waals surface area contributed by atoms with E-state index in [4.69, 9.17) is 0 Å². The number of hydrazine groups is 1. The maximum Gasteiger partial charge on any atom is 0.333 e. The molecule has 0 spiro atoms. The first kappa shape index (κ1) is 17.5. The quantitative estimate of drug-likeness (QED) is 0.736. The SMILES string of the molecule is Cc1cccc(CCNC(=O)NNC(=O)Cc2ccc(F)cc2)c1. The fourth-order valence-corrected chi connectivity index (χ4v) is 2.19. The van der Waals surface area contributed by atoms with Gasteiger partial charge in [-0.1, -0.05) is 42.0 Å². The number of amides is 3. The number of hydrogen-bond donors (Lipinski definition) is 3. The monoisotopic (exact) mass is 329 g/mol. The summed E-state index contributed by atoms with van der Waals surface area (Å²) < 4.78 is 12.8. The van der Waals surface area contributed by atoms with E-state index >= 15 is 0 Å². The van der Waals surface area contributed by atoms with Gasteiger partial charge in [0.05, 0.1) is 6.42 Å². The minimum absolute atomic E-state index is 0.0594. The second-order valence-corrected chi connectivity index (χ2v) is 5.47. The Morgan fingerprint density at radius 2 is 1.75 bits per heavy atom. The van der Waals surface area contributed by atoms with Crippen LogP contribution in [0.2, 0.25) is 0 Å². The van der Waals surface area contributed by atoms with Crippen molar-refractivity contribution in [3.05, 3.63) is 71.0 Å². The molecule has 2 aromatic carbocycles. The Morgan fingerprint density at radius 3 is 2.46 bits per heavy atom. The van der Waals surface area contributed by atoms with Crippen molar-refractivity contribution < 1.29 is 14.0 Å². The van der Waals surface area contributed by atoms with Crippen LogP contribution in [-0.4, -0.2) is 18.5 Å². The fraction of sp³-hybridized carbons (Fsp3) is 0.222. The molecule has 0 aromatic heterocycles. The number of nitrogens with one attached hydrogen (secondary N) is 3. The molecule has 0 saturated carbocycles. The van der Waals surface area contributed by atoms with Gasteiger partial charge in [-0.3, -0.25) is 10.2 Å². The van der Waals surface area contributed by atoms with E-state index in [-0.39, 0.29) is 18.1 Å². The third kappa shape index (κ3) is 6.08. The van der Waals surface area contributed by atoms with Gasteiger partial charge in [0.2, 0.25) is 5.91 Å². The predicted octanol–water partition coefficient (Wildman–Crippen LogP) is 2.25. The zero-order chi connectivity index (χ0) is 17.4. The van der Waals surface area contributed by atoms with Crippen LogP contribution in [0.4, 0.5) is 9.18 Å². The van der Waals surface area contributed by atoms with Crippen molar-refractivity contribution in [2.24, 2.45) is 0 Å². The Labute approximate surface area is 140 Å². The van der Waals surface area contributed by atoms with E-state index in [2.05, 4.69) is 22.2 Å². The van der Waals surface area contributed by atoms with E-state index in [0.29, 0.717) is 18.5 Å². The summed E-state index contributed by atoms with van der Waals surface area (Å²) in [6.45, 7) is 2.48. The van der Waals surface area contributed by atoms with Crippen LogP contribution in [0.3, 0.4) is 0 Å². The summed E-state index contributed by atoms with van der Waals surface area (Å²) in [6, 6.07) is 13.2. The number of aryl methyl sites for hydroxylation is 1. The van der Waals surface area contributed by atoms with Gasteiger partial charge >= 0.3 is 6.03 Å². The Morgan fingerprint density at radius 1 is 1.00 bits per heavy atom. The van der Waals surface area contributed by atoms with E-state index in [1.54, 1.807) is 0 Å². The van der Waals surface area contributed by atoms with Crippen LogP contribution in [-0.2, 0) is 17.6 Å². The summed E-state index contributed by atoms with van der Waals surface area (Å²) in [6.07, 6.45) is 0.766. The van der Waals surface area contributed by atoms with Gasteiger partial charge in [0.25, 0.3) is 0 Å². The van der Waals surface area contributed by atoms with Crippen LogP contribution in [0.15, 0.2) is 48.5 Å². The second-order valence-electron chi connectivity index (χ2n) is 5.47. The van der Waals surface area contributed by atoms with Crippen LogP contribution < -0.4 is 16.2 Å². The summed E-state index contributed by atoms with van der Waals surface area (Å²) in [5, 5.41) is 2.66.